The van der Waals surface area contributed by atoms with Crippen molar-refractivity contribution in [3.8, 4) is 5.75 Å². The summed E-state index contributed by atoms with van der Waals surface area (Å²) in [6.07, 6.45) is 1.40. The lowest BCUT2D eigenvalue weighted by Gasteiger charge is -2.13. The third kappa shape index (κ3) is 3.94. The van der Waals surface area contributed by atoms with E-state index in [0.717, 1.165) is 12.2 Å². The van der Waals surface area contributed by atoms with E-state index in [-0.39, 0.29) is 6.10 Å². The first-order valence-electron chi connectivity index (χ1n) is 5.75. The summed E-state index contributed by atoms with van der Waals surface area (Å²) < 4.78 is 5.65. The molecule has 1 rings (SSSR count). The number of hydrogen-bond donors (Lipinski definition) is 0. The number of rotatable bonds is 4. The first kappa shape index (κ1) is 12.1. The Kier molecular flexibility index (Phi) is 4.19. The highest BCUT2D eigenvalue weighted by Crippen LogP contribution is 2.20. The van der Waals surface area contributed by atoms with Gasteiger partial charge in [-0.2, -0.15) is 0 Å². The van der Waals surface area contributed by atoms with E-state index in [4.69, 9.17) is 4.74 Å². The first-order chi connectivity index (χ1) is 6.99. The zero-order chi connectivity index (χ0) is 11.4. The van der Waals surface area contributed by atoms with Gasteiger partial charge in [-0.15, -0.1) is 0 Å². The average Bonchev–Trinajstić information content (AvgIpc) is 2.08. The molecule has 0 aliphatic rings. The van der Waals surface area contributed by atoms with Gasteiger partial charge in [-0.3, -0.25) is 0 Å². The number of ether oxygens (including phenoxy) is 1. The second-order valence-corrected chi connectivity index (χ2v) is 4.85. The standard InChI is InChI=1S/C14H22O/c1-10(2)8-13-6-7-14(9-12(13)5)15-11(3)4/h6-7,9-11H,8H2,1-5H3. The van der Waals surface area contributed by atoms with Crippen LogP contribution in [0.5, 0.6) is 5.75 Å². The highest BCUT2D eigenvalue weighted by molar-refractivity contribution is 5.35. The molecule has 0 atom stereocenters. The zero-order valence-electron chi connectivity index (χ0n) is 10.5. The molecule has 0 saturated carbocycles. The van der Waals surface area contributed by atoms with Crippen LogP contribution in [0.3, 0.4) is 0 Å². The SMILES string of the molecule is Cc1cc(OC(C)C)ccc1CC(C)C. The smallest absolute Gasteiger partial charge is 0.119 e. The molecule has 0 aliphatic carbocycles. The maximum Gasteiger partial charge on any atom is 0.119 e. The molecule has 0 heterocycles. The van der Waals surface area contributed by atoms with E-state index in [0.29, 0.717) is 5.92 Å². The Morgan fingerprint density at radius 2 is 1.80 bits per heavy atom. The van der Waals surface area contributed by atoms with Gasteiger partial charge in [0.1, 0.15) is 5.75 Å². The molecule has 1 nitrogen and oxygen atoms in total. The fourth-order valence-electron chi connectivity index (χ4n) is 1.68. The van der Waals surface area contributed by atoms with E-state index in [9.17, 15) is 0 Å². The number of aryl methyl sites for hydroxylation is 1. The normalized spacial score (nSPS) is 11.1. The van der Waals surface area contributed by atoms with Gasteiger partial charge in [0.25, 0.3) is 0 Å². The van der Waals surface area contributed by atoms with Gasteiger partial charge in [0.05, 0.1) is 6.10 Å². The van der Waals surface area contributed by atoms with Gasteiger partial charge in [0.15, 0.2) is 0 Å². The van der Waals surface area contributed by atoms with Crippen molar-refractivity contribution in [3.05, 3.63) is 29.3 Å². The first-order valence-corrected chi connectivity index (χ1v) is 5.75. The van der Waals surface area contributed by atoms with Gasteiger partial charge in [0.2, 0.25) is 0 Å². The molecule has 0 amide bonds. The van der Waals surface area contributed by atoms with Gasteiger partial charge >= 0.3 is 0 Å². The molecule has 0 radical (unpaired) electrons. The van der Waals surface area contributed by atoms with E-state index >= 15 is 0 Å². The van der Waals surface area contributed by atoms with Crippen LogP contribution in [0.15, 0.2) is 18.2 Å². The van der Waals surface area contributed by atoms with E-state index < -0.39 is 0 Å². The van der Waals surface area contributed by atoms with Crippen molar-refractivity contribution in [2.24, 2.45) is 5.92 Å². The largest absolute Gasteiger partial charge is 0.491 e. The van der Waals surface area contributed by atoms with Crippen LogP contribution in [0.1, 0.15) is 38.8 Å². The third-order valence-electron chi connectivity index (χ3n) is 2.31. The molecule has 0 fully saturated rings. The minimum atomic E-state index is 0.250. The second-order valence-electron chi connectivity index (χ2n) is 4.85. The Morgan fingerprint density at radius 1 is 1.13 bits per heavy atom. The Bertz CT molecular complexity index is 313. The highest BCUT2D eigenvalue weighted by Gasteiger charge is 2.04. The molecule has 15 heavy (non-hydrogen) atoms. The quantitative estimate of drug-likeness (QED) is 0.724. The minimum Gasteiger partial charge on any atom is -0.491 e. The number of benzene rings is 1. The van der Waals surface area contributed by atoms with Crippen molar-refractivity contribution in [3.63, 3.8) is 0 Å². The fourth-order valence-corrected chi connectivity index (χ4v) is 1.68. The predicted octanol–water partition coefficient (Wildman–Crippen LogP) is 3.98. The molecular weight excluding hydrogens is 184 g/mol. The van der Waals surface area contributed by atoms with Gasteiger partial charge in [-0.05, 0) is 56.4 Å². The lowest BCUT2D eigenvalue weighted by atomic mass is 9.99. The molecule has 1 aromatic rings. The molecule has 1 heteroatoms. The topological polar surface area (TPSA) is 9.23 Å². The summed E-state index contributed by atoms with van der Waals surface area (Å²) in [5.74, 6) is 1.69. The van der Waals surface area contributed by atoms with Crippen LogP contribution in [0.25, 0.3) is 0 Å². The average molecular weight is 206 g/mol. The van der Waals surface area contributed by atoms with E-state index in [2.05, 4.69) is 52.8 Å². The van der Waals surface area contributed by atoms with Crippen molar-refractivity contribution in [1.29, 1.82) is 0 Å². The molecule has 0 spiro atoms. The van der Waals surface area contributed by atoms with E-state index in [1.165, 1.54) is 11.1 Å². The van der Waals surface area contributed by atoms with Crippen molar-refractivity contribution in [1.82, 2.24) is 0 Å². The van der Waals surface area contributed by atoms with Crippen LogP contribution >= 0.6 is 0 Å². The van der Waals surface area contributed by atoms with Gasteiger partial charge in [-0.1, -0.05) is 19.9 Å². The second kappa shape index (κ2) is 5.20. The molecule has 1 aromatic carbocycles. The minimum absolute atomic E-state index is 0.250. The summed E-state index contributed by atoms with van der Waals surface area (Å²) in [6.45, 7) is 10.8. The van der Waals surface area contributed by atoms with Crippen molar-refractivity contribution in [2.45, 2.75) is 47.1 Å². The van der Waals surface area contributed by atoms with Crippen molar-refractivity contribution >= 4 is 0 Å². The summed E-state index contributed by atoms with van der Waals surface area (Å²) in [6, 6.07) is 6.40. The molecule has 84 valence electrons. The lowest BCUT2D eigenvalue weighted by molar-refractivity contribution is 0.242. The van der Waals surface area contributed by atoms with Crippen LogP contribution in [0, 0.1) is 12.8 Å². The van der Waals surface area contributed by atoms with Gasteiger partial charge in [-0.25, -0.2) is 0 Å². The molecule has 0 N–H and O–H groups in total. The molecule has 0 unspecified atom stereocenters. The maximum atomic E-state index is 5.65. The summed E-state index contributed by atoms with van der Waals surface area (Å²) in [4.78, 5) is 0. The summed E-state index contributed by atoms with van der Waals surface area (Å²) >= 11 is 0. The van der Waals surface area contributed by atoms with Gasteiger partial charge in [0, 0.05) is 0 Å². The van der Waals surface area contributed by atoms with Crippen LogP contribution in [-0.2, 0) is 6.42 Å². The Labute approximate surface area is 93.5 Å². The van der Waals surface area contributed by atoms with Crippen molar-refractivity contribution in [2.75, 3.05) is 0 Å². The lowest BCUT2D eigenvalue weighted by Crippen LogP contribution is -2.06. The molecular formula is C14H22O. The van der Waals surface area contributed by atoms with Gasteiger partial charge < -0.3 is 4.74 Å². The van der Waals surface area contributed by atoms with E-state index in [1.54, 1.807) is 0 Å². The molecule has 0 aliphatic heterocycles. The Morgan fingerprint density at radius 3 is 2.27 bits per heavy atom. The summed E-state index contributed by atoms with van der Waals surface area (Å²) in [7, 11) is 0. The monoisotopic (exact) mass is 206 g/mol. The summed E-state index contributed by atoms with van der Waals surface area (Å²) in [5.41, 5.74) is 2.77. The van der Waals surface area contributed by atoms with Crippen LogP contribution in [-0.4, -0.2) is 6.10 Å². The highest BCUT2D eigenvalue weighted by atomic mass is 16.5. The molecule has 0 aromatic heterocycles. The molecule has 0 saturated heterocycles. The molecule has 0 bridgehead atoms. The number of hydrogen-bond acceptors (Lipinski definition) is 1. The van der Waals surface area contributed by atoms with Crippen LogP contribution < -0.4 is 4.74 Å². The van der Waals surface area contributed by atoms with E-state index in [1.807, 2.05) is 0 Å². The fraction of sp³-hybridized carbons (Fsp3) is 0.571. The summed E-state index contributed by atoms with van der Waals surface area (Å²) in [5, 5.41) is 0. The zero-order valence-corrected chi connectivity index (χ0v) is 10.5. The Balaban J connectivity index is 2.78. The third-order valence-corrected chi connectivity index (χ3v) is 2.31. The van der Waals surface area contributed by atoms with Crippen LogP contribution in [0.2, 0.25) is 0 Å². The maximum absolute atomic E-state index is 5.65. The Hall–Kier alpha value is -0.980. The van der Waals surface area contributed by atoms with Crippen molar-refractivity contribution < 1.29 is 4.74 Å². The van der Waals surface area contributed by atoms with Crippen LogP contribution in [0.4, 0.5) is 0 Å². The predicted molar refractivity (Wildman–Crippen MR) is 65.5 cm³/mol.